The molecule has 5 saturated carbocycles. The van der Waals surface area contributed by atoms with Crippen molar-refractivity contribution in [2.75, 3.05) is 26.3 Å². The summed E-state index contributed by atoms with van der Waals surface area (Å²) in [5, 5.41) is 3.37. The van der Waals surface area contributed by atoms with Crippen LogP contribution in [0, 0.1) is 23.7 Å². The van der Waals surface area contributed by atoms with Crippen molar-refractivity contribution >= 4 is 0 Å². The first-order chi connectivity index (χ1) is 17.2. The summed E-state index contributed by atoms with van der Waals surface area (Å²) in [6.07, 6.45) is 13.1. The molecule has 0 amide bonds. The van der Waals surface area contributed by atoms with Gasteiger partial charge in [-0.1, -0.05) is 12.1 Å². The smallest absolute Gasteiger partial charge is 0.210 e. The summed E-state index contributed by atoms with van der Waals surface area (Å²) in [5.41, 5.74) is 1.39. The van der Waals surface area contributed by atoms with Crippen molar-refractivity contribution in [2.45, 2.75) is 94.2 Å². The highest BCUT2D eigenvalue weighted by molar-refractivity contribution is 5.30. The number of hydrogen-bond donors (Lipinski definition) is 1. The Morgan fingerprint density at radius 3 is 2.17 bits per heavy atom. The van der Waals surface area contributed by atoms with Gasteiger partial charge in [0.15, 0.2) is 0 Å². The predicted octanol–water partition coefficient (Wildman–Crippen LogP) is 5.32. The maximum absolute atomic E-state index is 6.88. The van der Waals surface area contributed by atoms with Crippen molar-refractivity contribution in [3.8, 4) is 5.75 Å². The van der Waals surface area contributed by atoms with Crippen molar-refractivity contribution in [1.82, 2.24) is 5.32 Å². The highest BCUT2D eigenvalue weighted by Crippen LogP contribution is 2.64. The van der Waals surface area contributed by atoms with Gasteiger partial charge in [-0.15, -0.1) is 0 Å². The maximum atomic E-state index is 6.88. The van der Waals surface area contributed by atoms with E-state index in [0.29, 0.717) is 37.1 Å². The van der Waals surface area contributed by atoms with Crippen LogP contribution in [0.15, 0.2) is 24.3 Å². The molecule has 5 aliphatic carbocycles. The zero-order chi connectivity index (χ0) is 23.3. The van der Waals surface area contributed by atoms with Crippen LogP contribution in [0.4, 0.5) is 0 Å². The number of rotatable bonds is 6. The van der Waals surface area contributed by atoms with Crippen LogP contribution in [0.1, 0.15) is 82.1 Å². The van der Waals surface area contributed by atoms with Crippen LogP contribution >= 0.6 is 0 Å². The van der Waals surface area contributed by atoms with Crippen molar-refractivity contribution in [1.29, 1.82) is 0 Å². The van der Waals surface area contributed by atoms with Crippen LogP contribution in [-0.4, -0.2) is 44.0 Å². The second kappa shape index (κ2) is 9.29. The molecule has 2 saturated heterocycles. The van der Waals surface area contributed by atoms with Crippen LogP contribution in [0.25, 0.3) is 0 Å². The molecule has 6 nitrogen and oxygen atoms in total. The lowest BCUT2D eigenvalue weighted by Crippen LogP contribution is -2.59. The summed E-state index contributed by atoms with van der Waals surface area (Å²) >= 11 is 0. The minimum Gasteiger partial charge on any atom is -0.491 e. The highest BCUT2D eigenvalue weighted by atomic mass is 17.3. The average Bonchev–Trinajstić information content (AvgIpc) is 3.26. The van der Waals surface area contributed by atoms with E-state index in [4.69, 9.17) is 24.0 Å². The Kier molecular flexibility index (Phi) is 6.10. The van der Waals surface area contributed by atoms with Crippen molar-refractivity contribution in [3.05, 3.63) is 29.8 Å². The van der Waals surface area contributed by atoms with E-state index in [2.05, 4.69) is 29.6 Å². The second-order valence-electron chi connectivity index (χ2n) is 12.2. The van der Waals surface area contributed by atoms with Gasteiger partial charge in [-0.05, 0) is 106 Å². The van der Waals surface area contributed by atoms with E-state index in [-0.39, 0.29) is 0 Å². The second-order valence-corrected chi connectivity index (χ2v) is 12.2. The largest absolute Gasteiger partial charge is 0.491 e. The molecule has 1 aromatic rings. The Balaban J connectivity index is 0.901. The third kappa shape index (κ3) is 4.33. The Hall–Kier alpha value is -1.18. The minimum atomic E-state index is -0.524. The lowest BCUT2D eigenvalue weighted by atomic mass is 9.53. The molecule has 35 heavy (non-hydrogen) atoms. The molecular weight excluding hydrogens is 442 g/mol. The topological polar surface area (TPSA) is 58.2 Å². The molecule has 0 radical (unpaired) electrons. The number of piperidine rings is 1. The molecule has 0 atom stereocenters. The quantitative estimate of drug-likeness (QED) is 0.437. The molecule has 0 unspecified atom stereocenters. The maximum Gasteiger partial charge on any atom is 0.210 e. The normalized spacial score (nSPS) is 42.8. The van der Waals surface area contributed by atoms with Crippen molar-refractivity contribution in [2.24, 2.45) is 23.7 Å². The number of hydrogen-bond acceptors (Lipinski definition) is 6. The number of benzene rings is 1. The molecule has 7 aliphatic rings. The molecule has 2 aliphatic heterocycles. The summed E-state index contributed by atoms with van der Waals surface area (Å²) < 4.78 is 18.7. The van der Waals surface area contributed by atoms with E-state index in [1.807, 2.05) is 0 Å². The van der Waals surface area contributed by atoms with Crippen molar-refractivity contribution < 1.29 is 24.0 Å². The van der Waals surface area contributed by atoms with Gasteiger partial charge in [0.2, 0.25) is 11.6 Å². The molecule has 1 N–H and O–H groups in total. The van der Waals surface area contributed by atoms with E-state index >= 15 is 0 Å². The van der Waals surface area contributed by atoms with Crippen molar-refractivity contribution in [3.63, 3.8) is 0 Å². The van der Waals surface area contributed by atoms with Crippen LogP contribution in [0.3, 0.4) is 0 Å². The molecule has 7 fully saturated rings. The molecule has 6 heteroatoms. The van der Waals surface area contributed by atoms with Crippen LogP contribution < -0.4 is 10.1 Å². The summed E-state index contributed by atoms with van der Waals surface area (Å²) in [5.74, 6) is 3.37. The zero-order valence-corrected chi connectivity index (χ0v) is 20.9. The fourth-order valence-electron chi connectivity index (χ4n) is 8.36. The molecule has 2 heterocycles. The molecule has 2 spiro atoms. The van der Waals surface area contributed by atoms with Crippen LogP contribution in [0.5, 0.6) is 5.75 Å². The van der Waals surface area contributed by atoms with Gasteiger partial charge in [-0.3, -0.25) is 0 Å². The summed E-state index contributed by atoms with van der Waals surface area (Å²) in [6, 6.07) is 8.69. The fraction of sp³-hybridized carbons (Fsp3) is 0.793. The van der Waals surface area contributed by atoms with Gasteiger partial charge in [-0.25, -0.2) is 0 Å². The van der Waals surface area contributed by atoms with E-state index in [9.17, 15) is 0 Å². The Morgan fingerprint density at radius 1 is 0.800 bits per heavy atom. The minimum absolute atomic E-state index is 0.383. The van der Waals surface area contributed by atoms with E-state index in [0.717, 1.165) is 69.2 Å². The van der Waals surface area contributed by atoms with E-state index < -0.39 is 11.6 Å². The lowest BCUT2D eigenvalue weighted by molar-refractivity contribution is -0.390. The number of ether oxygens (including phenoxy) is 3. The Labute approximate surface area is 209 Å². The zero-order valence-electron chi connectivity index (χ0n) is 20.9. The standard InChI is InChI=1S/C29H41NO5/c1-3-26(31-13-14-32-27-7-11-30-12-8-27)4-2-22(1)23-5-9-28(10-6-23)33-29(35-34-28)24-16-20-15-21(18-24)19-25(29)17-20/h1-4,20-21,23-25,27,30H,5-19H2. The van der Waals surface area contributed by atoms with Gasteiger partial charge in [0.1, 0.15) is 12.4 Å². The summed E-state index contributed by atoms with van der Waals surface area (Å²) in [7, 11) is 0. The average molecular weight is 484 g/mol. The van der Waals surface area contributed by atoms with Gasteiger partial charge in [0, 0.05) is 24.7 Å². The molecule has 4 bridgehead atoms. The monoisotopic (exact) mass is 483 g/mol. The first-order valence-electron chi connectivity index (χ1n) is 14.3. The molecule has 192 valence electrons. The Morgan fingerprint density at radius 2 is 1.49 bits per heavy atom. The van der Waals surface area contributed by atoms with E-state index in [1.54, 1.807) is 0 Å². The predicted molar refractivity (Wildman–Crippen MR) is 131 cm³/mol. The third-order valence-electron chi connectivity index (χ3n) is 10.0. The van der Waals surface area contributed by atoms with Gasteiger partial charge < -0.3 is 19.5 Å². The molecule has 1 aromatic carbocycles. The van der Waals surface area contributed by atoms with E-state index in [1.165, 1.54) is 37.7 Å². The van der Waals surface area contributed by atoms with Crippen LogP contribution in [-0.2, 0) is 19.2 Å². The van der Waals surface area contributed by atoms with Gasteiger partial charge in [0.25, 0.3) is 0 Å². The highest BCUT2D eigenvalue weighted by Gasteiger charge is 2.66. The van der Waals surface area contributed by atoms with Crippen LogP contribution in [0.2, 0.25) is 0 Å². The summed E-state index contributed by atoms with van der Waals surface area (Å²) in [4.78, 5) is 12.3. The first kappa shape index (κ1) is 23.0. The van der Waals surface area contributed by atoms with Gasteiger partial charge >= 0.3 is 0 Å². The SMILES string of the molecule is c1cc(C2CCC3(CC2)OOC2(O3)C3CC4CC(C3)CC2C4)ccc1OCCOC1CCNCC1. The van der Waals surface area contributed by atoms with Gasteiger partial charge in [0.05, 0.1) is 12.7 Å². The van der Waals surface area contributed by atoms with Gasteiger partial charge in [-0.2, -0.15) is 9.78 Å². The molecular formula is C29H41NO5. The first-order valence-corrected chi connectivity index (χ1v) is 14.3. The summed E-state index contributed by atoms with van der Waals surface area (Å²) in [6.45, 7) is 3.38. The lowest BCUT2D eigenvalue weighted by Gasteiger charge is -2.57. The molecule has 0 aromatic heterocycles. The Bertz CT molecular complexity index is 846. The third-order valence-corrected chi connectivity index (χ3v) is 10.0. The fourth-order valence-corrected chi connectivity index (χ4v) is 8.36. The molecule has 8 rings (SSSR count). The number of nitrogens with one attached hydrogen (secondary N) is 1.